The Balaban J connectivity index is 2.03. The first-order valence-corrected chi connectivity index (χ1v) is 10.1. The second-order valence-corrected chi connectivity index (χ2v) is 8.40. The van der Waals surface area contributed by atoms with E-state index in [1.807, 2.05) is 6.92 Å². The summed E-state index contributed by atoms with van der Waals surface area (Å²) in [7, 11) is -3.90. The highest BCUT2D eigenvalue weighted by molar-refractivity contribution is 7.92. The minimum Gasteiger partial charge on any atom is -0.476 e. The number of carbonyl (C=O) groups is 1. The fourth-order valence-electron chi connectivity index (χ4n) is 2.71. The van der Waals surface area contributed by atoms with E-state index in [0.717, 1.165) is 5.56 Å². The second-order valence-electron chi connectivity index (χ2n) is 6.10. The lowest BCUT2D eigenvalue weighted by atomic mass is 10.2. The maximum absolute atomic E-state index is 13.2. The predicted molar refractivity (Wildman–Crippen MR) is 105 cm³/mol. The molecule has 0 saturated carbocycles. The van der Waals surface area contributed by atoms with Crippen LogP contribution in [-0.2, 0) is 14.8 Å². The molecule has 3 rings (SSSR count). The van der Waals surface area contributed by atoms with Crippen molar-refractivity contribution in [3.8, 4) is 5.75 Å². The molecule has 0 radical (unpaired) electrons. The highest BCUT2D eigenvalue weighted by Crippen LogP contribution is 2.38. The molecule has 1 aliphatic heterocycles. The van der Waals surface area contributed by atoms with Crippen molar-refractivity contribution >= 4 is 33.2 Å². The Morgan fingerprint density at radius 2 is 2.04 bits per heavy atom. The Labute approximate surface area is 163 Å². The van der Waals surface area contributed by atoms with Crippen LogP contribution in [0.1, 0.15) is 5.56 Å². The van der Waals surface area contributed by atoms with Crippen LogP contribution in [0.3, 0.4) is 0 Å². The van der Waals surface area contributed by atoms with Gasteiger partial charge in [-0.1, -0.05) is 35.4 Å². The highest BCUT2D eigenvalue weighted by atomic mass is 35.5. The SMILES string of the molecule is C=CCNC(=O)C1CN(S(=O)(=O)c2ccc(C)cc2)c2cc(Cl)ccc2O1. The molecular formula is C19H19ClN2O4S. The Kier molecular flexibility index (Phi) is 5.43. The standard InChI is InChI=1S/C19H19ClN2O4S/c1-3-10-21-19(23)18-12-22(16-11-14(20)6-9-17(16)26-18)27(24,25)15-7-4-13(2)5-8-15/h3-9,11,18H,1,10,12H2,2H3,(H,21,23). The monoisotopic (exact) mass is 406 g/mol. The molecule has 1 N–H and O–H groups in total. The molecule has 0 saturated heterocycles. The van der Waals surface area contributed by atoms with E-state index < -0.39 is 22.0 Å². The van der Waals surface area contributed by atoms with Crippen LogP contribution < -0.4 is 14.4 Å². The van der Waals surface area contributed by atoms with Crippen molar-refractivity contribution in [2.45, 2.75) is 17.9 Å². The predicted octanol–water partition coefficient (Wildman–Crippen LogP) is 2.91. The summed E-state index contributed by atoms with van der Waals surface area (Å²) >= 11 is 6.06. The summed E-state index contributed by atoms with van der Waals surface area (Å²) in [5.74, 6) is -0.139. The van der Waals surface area contributed by atoms with Gasteiger partial charge in [-0.25, -0.2) is 8.42 Å². The number of amides is 1. The normalized spacial score (nSPS) is 16.2. The number of anilines is 1. The molecule has 1 aliphatic rings. The minimum atomic E-state index is -3.90. The number of nitrogens with zero attached hydrogens (tertiary/aromatic N) is 1. The Morgan fingerprint density at radius 1 is 1.33 bits per heavy atom. The smallest absolute Gasteiger partial charge is 0.264 e. The average molecular weight is 407 g/mol. The van der Waals surface area contributed by atoms with Gasteiger partial charge in [0.25, 0.3) is 15.9 Å². The molecule has 8 heteroatoms. The zero-order valence-corrected chi connectivity index (χ0v) is 16.3. The van der Waals surface area contributed by atoms with Gasteiger partial charge in [-0.15, -0.1) is 6.58 Å². The van der Waals surface area contributed by atoms with Gasteiger partial charge in [0.2, 0.25) is 0 Å². The van der Waals surface area contributed by atoms with Crippen molar-refractivity contribution in [1.82, 2.24) is 5.32 Å². The van der Waals surface area contributed by atoms with Gasteiger partial charge in [-0.2, -0.15) is 0 Å². The molecule has 0 aliphatic carbocycles. The number of fused-ring (bicyclic) bond motifs is 1. The van der Waals surface area contributed by atoms with Crippen LogP contribution >= 0.6 is 11.6 Å². The van der Waals surface area contributed by atoms with E-state index in [1.165, 1.54) is 28.6 Å². The summed E-state index contributed by atoms with van der Waals surface area (Å²) in [6, 6.07) is 11.2. The average Bonchev–Trinajstić information content (AvgIpc) is 2.65. The van der Waals surface area contributed by atoms with Crippen LogP contribution in [0.15, 0.2) is 60.0 Å². The molecule has 142 valence electrons. The summed E-state index contributed by atoms with van der Waals surface area (Å²) in [5.41, 5.74) is 1.25. The molecule has 0 bridgehead atoms. The van der Waals surface area contributed by atoms with Crippen molar-refractivity contribution in [3.63, 3.8) is 0 Å². The van der Waals surface area contributed by atoms with Crippen molar-refractivity contribution < 1.29 is 17.9 Å². The molecule has 27 heavy (non-hydrogen) atoms. The third-order valence-electron chi connectivity index (χ3n) is 4.11. The third-order valence-corrected chi connectivity index (χ3v) is 6.14. The number of rotatable bonds is 5. The fourth-order valence-corrected chi connectivity index (χ4v) is 4.35. The molecule has 0 fully saturated rings. The second kappa shape index (κ2) is 7.62. The van der Waals surface area contributed by atoms with Gasteiger partial charge in [0, 0.05) is 11.6 Å². The van der Waals surface area contributed by atoms with Crippen molar-refractivity contribution in [2.24, 2.45) is 0 Å². The van der Waals surface area contributed by atoms with Crippen LogP contribution in [0.25, 0.3) is 0 Å². The molecule has 0 aromatic heterocycles. The van der Waals surface area contributed by atoms with E-state index in [4.69, 9.17) is 16.3 Å². The number of halogens is 1. The van der Waals surface area contributed by atoms with E-state index >= 15 is 0 Å². The minimum absolute atomic E-state index is 0.131. The topological polar surface area (TPSA) is 75.7 Å². The largest absolute Gasteiger partial charge is 0.476 e. The van der Waals surface area contributed by atoms with Gasteiger partial charge in [0.1, 0.15) is 5.75 Å². The summed E-state index contributed by atoms with van der Waals surface area (Å²) in [4.78, 5) is 12.5. The number of carbonyl (C=O) groups excluding carboxylic acids is 1. The quantitative estimate of drug-likeness (QED) is 0.774. The van der Waals surface area contributed by atoms with Crippen LogP contribution in [0, 0.1) is 6.92 Å². The number of ether oxygens (including phenoxy) is 1. The van der Waals surface area contributed by atoms with Gasteiger partial charge in [-0.05, 0) is 37.3 Å². The number of hydrogen-bond acceptors (Lipinski definition) is 4. The van der Waals surface area contributed by atoms with Gasteiger partial charge < -0.3 is 10.1 Å². The van der Waals surface area contributed by atoms with Gasteiger partial charge >= 0.3 is 0 Å². The van der Waals surface area contributed by atoms with Gasteiger partial charge in [0.15, 0.2) is 6.10 Å². The number of nitrogens with one attached hydrogen (secondary N) is 1. The first kappa shape index (κ1) is 19.3. The summed E-state index contributed by atoms with van der Waals surface area (Å²) in [5, 5.41) is 3.01. The summed E-state index contributed by atoms with van der Waals surface area (Å²) < 4.78 is 33.4. The van der Waals surface area contributed by atoms with Crippen molar-refractivity contribution in [2.75, 3.05) is 17.4 Å². The van der Waals surface area contributed by atoms with E-state index in [9.17, 15) is 13.2 Å². The van der Waals surface area contributed by atoms with E-state index in [2.05, 4.69) is 11.9 Å². The van der Waals surface area contributed by atoms with Crippen LogP contribution in [0.5, 0.6) is 5.75 Å². The Bertz CT molecular complexity index is 974. The summed E-state index contributed by atoms with van der Waals surface area (Å²) in [6.45, 7) is 5.52. The number of sulfonamides is 1. The Hall–Kier alpha value is -2.51. The summed E-state index contributed by atoms with van der Waals surface area (Å²) in [6.07, 6.45) is 0.550. The van der Waals surface area contributed by atoms with Gasteiger partial charge in [0.05, 0.1) is 17.1 Å². The van der Waals surface area contributed by atoms with Gasteiger partial charge in [-0.3, -0.25) is 9.10 Å². The zero-order chi connectivity index (χ0) is 19.6. The lowest BCUT2D eigenvalue weighted by Gasteiger charge is -2.34. The highest BCUT2D eigenvalue weighted by Gasteiger charge is 2.37. The molecule has 2 aromatic carbocycles. The molecule has 2 aromatic rings. The van der Waals surface area contributed by atoms with Crippen molar-refractivity contribution in [3.05, 3.63) is 65.7 Å². The fraction of sp³-hybridized carbons (Fsp3) is 0.211. The third kappa shape index (κ3) is 3.94. The molecule has 1 unspecified atom stereocenters. The molecular weight excluding hydrogens is 388 g/mol. The lowest BCUT2D eigenvalue weighted by Crippen LogP contribution is -2.50. The van der Waals surface area contributed by atoms with Crippen molar-refractivity contribution in [1.29, 1.82) is 0 Å². The lowest BCUT2D eigenvalue weighted by molar-refractivity contribution is -0.127. The maximum Gasteiger partial charge on any atom is 0.264 e. The molecule has 1 heterocycles. The molecule has 1 amide bonds. The maximum atomic E-state index is 13.2. The molecule has 0 spiro atoms. The van der Waals surface area contributed by atoms with Crippen LogP contribution in [0.4, 0.5) is 5.69 Å². The zero-order valence-electron chi connectivity index (χ0n) is 14.7. The first-order valence-electron chi connectivity index (χ1n) is 8.27. The molecule has 1 atom stereocenters. The number of aryl methyl sites for hydroxylation is 1. The van der Waals surface area contributed by atoms with Crippen LogP contribution in [0.2, 0.25) is 5.02 Å². The van der Waals surface area contributed by atoms with E-state index in [-0.39, 0.29) is 23.7 Å². The Morgan fingerprint density at radius 3 is 2.70 bits per heavy atom. The molecule has 6 nitrogen and oxygen atoms in total. The number of benzene rings is 2. The van der Waals surface area contributed by atoms with Crippen LogP contribution in [-0.4, -0.2) is 33.5 Å². The first-order chi connectivity index (χ1) is 12.8. The van der Waals surface area contributed by atoms with E-state index in [1.54, 1.807) is 24.3 Å². The number of hydrogen-bond donors (Lipinski definition) is 1. The van der Waals surface area contributed by atoms with E-state index in [0.29, 0.717) is 10.7 Å².